The molecule has 11 heavy (non-hydrogen) atoms. The zero-order chi connectivity index (χ0) is 6.97. The minimum absolute atomic E-state index is 0. The summed E-state index contributed by atoms with van der Waals surface area (Å²) >= 11 is 5.82. The van der Waals surface area contributed by atoms with Crippen molar-refractivity contribution in [2.75, 3.05) is 0 Å². The van der Waals surface area contributed by atoms with Crippen LogP contribution in [0.15, 0.2) is 12.3 Å². The number of aromatic nitrogens is 1. The minimum Gasteiger partial charge on any atom is -0.308 e. The van der Waals surface area contributed by atoms with Crippen molar-refractivity contribution in [3.05, 3.63) is 28.5 Å². The van der Waals surface area contributed by atoms with Gasteiger partial charge < -0.3 is 5.32 Å². The molecule has 4 heteroatoms. The summed E-state index contributed by atoms with van der Waals surface area (Å²) in [4.78, 5) is 3.98. The van der Waals surface area contributed by atoms with E-state index in [-0.39, 0.29) is 12.4 Å². The SMILES string of the molecule is Cl.Clc1nccc2c1CNC2. The van der Waals surface area contributed by atoms with Crippen molar-refractivity contribution in [3.63, 3.8) is 0 Å². The van der Waals surface area contributed by atoms with Gasteiger partial charge in [-0.1, -0.05) is 11.6 Å². The molecular weight excluding hydrogens is 183 g/mol. The van der Waals surface area contributed by atoms with E-state index in [0.29, 0.717) is 5.15 Å². The Morgan fingerprint density at radius 3 is 3.00 bits per heavy atom. The van der Waals surface area contributed by atoms with Crippen LogP contribution in [-0.2, 0) is 13.1 Å². The van der Waals surface area contributed by atoms with Crippen molar-refractivity contribution >= 4 is 24.0 Å². The molecule has 0 amide bonds. The smallest absolute Gasteiger partial charge is 0.133 e. The summed E-state index contributed by atoms with van der Waals surface area (Å²) < 4.78 is 0. The van der Waals surface area contributed by atoms with Crippen LogP contribution >= 0.6 is 24.0 Å². The van der Waals surface area contributed by atoms with Crippen molar-refractivity contribution in [1.82, 2.24) is 10.3 Å². The van der Waals surface area contributed by atoms with Crippen LogP contribution in [-0.4, -0.2) is 4.98 Å². The Bertz CT molecular complexity index is 263. The molecule has 0 saturated carbocycles. The minimum atomic E-state index is 0. The fourth-order valence-electron chi connectivity index (χ4n) is 1.18. The summed E-state index contributed by atoms with van der Waals surface area (Å²) in [5, 5.41) is 3.85. The molecule has 1 aliphatic heterocycles. The molecule has 2 rings (SSSR count). The molecule has 1 aliphatic rings. The van der Waals surface area contributed by atoms with Gasteiger partial charge in [-0.05, 0) is 11.6 Å². The largest absolute Gasteiger partial charge is 0.308 e. The van der Waals surface area contributed by atoms with Gasteiger partial charge in [0.1, 0.15) is 5.15 Å². The number of rotatable bonds is 0. The maximum atomic E-state index is 5.82. The summed E-state index contributed by atoms with van der Waals surface area (Å²) in [6.07, 6.45) is 1.74. The zero-order valence-electron chi connectivity index (χ0n) is 5.80. The number of nitrogens with one attached hydrogen (secondary N) is 1. The average Bonchev–Trinajstić information content (AvgIpc) is 2.36. The highest BCUT2D eigenvalue weighted by Crippen LogP contribution is 2.20. The summed E-state index contributed by atoms with van der Waals surface area (Å²) in [6.45, 7) is 1.79. The van der Waals surface area contributed by atoms with E-state index in [1.807, 2.05) is 6.07 Å². The fraction of sp³-hybridized carbons (Fsp3) is 0.286. The van der Waals surface area contributed by atoms with Gasteiger partial charge in [-0.2, -0.15) is 0 Å². The Morgan fingerprint density at radius 2 is 2.27 bits per heavy atom. The molecule has 0 bridgehead atoms. The first-order chi connectivity index (χ1) is 4.88. The van der Waals surface area contributed by atoms with Crippen molar-refractivity contribution in [2.45, 2.75) is 13.1 Å². The van der Waals surface area contributed by atoms with Crippen LogP contribution in [0.4, 0.5) is 0 Å². The van der Waals surface area contributed by atoms with E-state index >= 15 is 0 Å². The van der Waals surface area contributed by atoms with E-state index in [2.05, 4.69) is 10.3 Å². The molecule has 0 unspecified atom stereocenters. The normalized spacial score (nSPS) is 13.9. The van der Waals surface area contributed by atoms with Gasteiger partial charge in [0.25, 0.3) is 0 Å². The Labute approximate surface area is 76.4 Å². The lowest BCUT2D eigenvalue weighted by Crippen LogP contribution is -2.00. The fourth-order valence-corrected chi connectivity index (χ4v) is 1.42. The molecule has 0 aromatic carbocycles. The lowest BCUT2D eigenvalue weighted by Gasteiger charge is -1.96. The molecule has 2 heterocycles. The Kier molecular flexibility index (Phi) is 2.71. The second-order valence-electron chi connectivity index (χ2n) is 2.34. The van der Waals surface area contributed by atoms with Gasteiger partial charge in [-0.25, -0.2) is 4.98 Å². The van der Waals surface area contributed by atoms with Crippen LogP contribution in [0.1, 0.15) is 11.1 Å². The third kappa shape index (κ3) is 1.48. The number of hydrogen-bond donors (Lipinski definition) is 1. The standard InChI is InChI=1S/C7H7ClN2.ClH/c8-7-6-4-9-3-5(6)1-2-10-7;/h1-2,9H,3-4H2;1H. The van der Waals surface area contributed by atoms with Crippen LogP contribution in [0.25, 0.3) is 0 Å². The molecular formula is C7H8Cl2N2. The van der Waals surface area contributed by atoms with Crippen LogP contribution in [0, 0.1) is 0 Å². The molecule has 0 atom stereocenters. The molecule has 0 radical (unpaired) electrons. The highest BCUT2D eigenvalue weighted by molar-refractivity contribution is 6.30. The van der Waals surface area contributed by atoms with E-state index < -0.39 is 0 Å². The molecule has 2 nitrogen and oxygen atoms in total. The molecule has 0 aliphatic carbocycles. The first-order valence-corrected chi connectivity index (χ1v) is 3.58. The van der Waals surface area contributed by atoms with Gasteiger partial charge in [0.15, 0.2) is 0 Å². The number of hydrogen-bond acceptors (Lipinski definition) is 2. The van der Waals surface area contributed by atoms with Crippen molar-refractivity contribution in [3.8, 4) is 0 Å². The number of fused-ring (bicyclic) bond motifs is 1. The van der Waals surface area contributed by atoms with Gasteiger partial charge in [-0.3, -0.25) is 0 Å². The quantitative estimate of drug-likeness (QED) is 0.632. The van der Waals surface area contributed by atoms with E-state index in [9.17, 15) is 0 Å². The molecule has 1 aromatic heterocycles. The van der Waals surface area contributed by atoms with Gasteiger partial charge in [0.2, 0.25) is 0 Å². The maximum Gasteiger partial charge on any atom is 0.133 e. The molecule has 0 saturated heterocycles. The Balaban J connectivity index is 0.000000605. The third-order valence-corrected chi connectivity index (χ3v) is 2.04. The second-order valence-corrected chi connectivity index (χ2v) is 2.70. The molecule has 0 spiro atoms. The highest BCUT2D eigenvalue weighted by Gasteiger charge is 2.12. The van der Waals surface area contributed by atoms with E-state index in [0.717, 1.165) is 18.7 Å². The summed E-state index contributed by atoms with van der Waals surface area (Å²) in [5.41, 5.74) is 2.43. The summed E-state index contributed by atoms with van der Waals surface area (Å²) in [5.74, 6) is 0. The van der Waals surface area contributed by atoms with Crippen LogP contribution in [0.5, 0.6) is 0 Å². The first-order valence-electron chi connectivity index (χ1n) is 3.21. The highest BCUT2D eigenvalue weighted by atomic mass is 35.5. The lowest BCUT2D eigenvalue weighted by atomic mass is 10.2. The molecule has 60 valence electrons. The maximum absolute atomic E-state index is 5.82. The summed E-state index contributed by atoms with van der Waals surface area (Å²) in [6, 6.07) is 2.00. The number of halogens is 2. The molecule has 0 fully saturated rings. The van der Waals surface area contributed by atoms with Crippen LogP contribution in [0.3, 0.4) is 0 Å². The number of nitrogens with zero attached hydrogens (tertiary/aromatic N) is 1. The Hall–Kier alpha value is -0.310. The van der Waals surface area contributed by atoms with Crippen molar-refractivity contribution in [1.29, 1.82) is 0 Å². The third-order valence-electron chi connectivity index (χ3n) is 1.72. The Morgan fingerprint density at radius 1 is 1.45 bits per heavy atom. The topological polar surface area (TPSA) is 24.9 Å². The summed E-state index contributed by atoms with van der Waals surface area (Å²) in [7, 11) is 0. The average molecular weight is 191 g/mol. The second kappa shape index (κ2) is 3.39. The van der Waals surface area contributed by atoms with Crippen molar-refractivity contribution < 1.29 is 0 Å². The lowest BCUT2D eigenvalue weighted by molar-refractivity contribution is 0.764. The van der Waals surface area contributed by atoms with Crippen LogP contribution in [0.2, 0.25) is 5.15 Å². The molecule has 1 aromatic rings. The van der Waals surface area contributed by atoms with Crippen LogP contribution < -0.4 is 5.32 Å². The van der Waals surface area contributed by atoms with Crippen molar-refractivity contribution in [2.24, 2.45) is 0 Å². The van der Waals surface area contributed by atoms with E-state index in [1.54, 1.807) is 6.20 Å². The predicted octanol–water partition coefficient (Wildman–Crippen LogP) is 1.76. The monoisotopic (exact) mass is 190 g/mol. The van der Waals surface area contributed by atoms with Gasteiger partial charge in [-0.15, -0.1) is 12.4 Å². The van der Waals surface area contributed by atoms with E-state index in [1.165, 1.54) is 5.56 Å². The van der Waals surface area contributed by atoms with Gasteiger partial charge in [0, 0.05) is 24.8 Å². The molecule has 1 N–H and O–H groups in total. The predicted molar refractivity (Wildman–Crippen MR) is 47.0 cm³/mol. The zero-order valence-corrected chi connectivity index (χ0v) is 7.37. The van der Waals surface area contributed by atoms with Gasteiger partial charge >= 0.3 is 0 Å². The van der Waals surface area contributed by atoms with Gasteiger partial charge in [0.05, 0.1) is 0 Å². The number of pyridine rings is 1. The van der Waals surface area contributed by atoms with E-state index in [4.69, 9.17) is 11.6 Å². The first kappa shape index (κ1) is 8.78.